The topological polar surface area (TPSA) is 62.6 Å². The van der Waals surface area contributed by atoms with Crippen LogP contribution in [0.1, 0.15) is 48.8 Å². The molecule has 1 aromatic heterocycles. The van der Waals surface area contributed by atoms with Gasteiger partial charge in [-0.15, -0.1) is 0 Å². The summed E-state index contributed by atoms with van der Waals surface area (Å²) in [6, 6.07) is 21.9. The molecule has 0 radical (unpaired) electrons. The number of fused-ring (bicyclic) bond motifs is 2. The number of pyridine rings is 1. The van der Waals surface area contributed by atoms with Crippen LogP contribution in [0.15, 0.2) is 84.0 Å². The molecule has 2 aromatic carbocycles. The molecule has 1 amide bonds. The summed E-state index contributed by atoms with van der Waals surface area (Å²) in [5, 5.41) is 0. The van der Waals surface area contributed by atoms with Gasteiger partial charge in [-0.25, -0.2) is 0 Å². The number of hydrogen-bond acceptors (Lipinski definition) is 4. The van der Waals surface area contributed by atoms with Crippen molar-refractivity contribution in [2.45, 2.75) is 32.7 Å². The smallest absolute Gasteiger partial charge is 0.259 e. The van der Waals surface area contributed by atoms with Gasteiger partial charge in [0.15, 0.2) is 0 Å². The van der Waals surface area contributed by atoms with Gasteiger partial charge in [0.25, 0.3) is 5.91 Å². The maximum absolute atomic E-state index is 13.9. The van der Waals surface area contributed by atoms with Crippen molar-refractivity contribution in [3.05, 3.63) is 90.3 Å². The number of hydrogen-bond donors (Lipinski definition) is 0. The summed E-state index contributed by atoms with van der Waals surface area (Å²) < 4.78 is 0. The minimum Gasteiger partial charge on any atom is -0.299 e. The minimum atomic E-state index is -0.560. The van der Waals surface area contributed by atoms with E-state index in [1.165, 1.54) is 0 Å². The predicted octanol–water partition coefficient (Wildman–Crippen LogP) is 5.56. The van der Waals surface area contributed by atoms with Crippen LogP contribution in [-0.4, -0.2) is 22.4 Å². The van der Waals surface area contributed by atoms with Crippen molar-refractivity contribution in [2.24, 2.45) is 16.3 Å². The summed E-state index contributed by atoms with van der Waals surface area (Å²) in [6.45, 7) is 4.20. The molecule has 1 saturated carbocycles. The Kier molecular flexibility index (Phi) is 4.97. The zero-order valence-electron chi connectivity index (χ0n) is 18.2. The van der Waals surface area contributed by atoms with E-state index < -0.39 is 12.0 Å². The van der Waals surface area contributed by atoms with E-state index >= 15 is 0 Å². The van der Waals surface area contributed by atoms with Gasteiger partial charge < -0.3 is 0 Å². The van der Waals surface area contributed by atoms with E-state index in [9.17, 15) is 9.59 Å². The molecule has 2 atom stereocenters. The summed E-state index contributed by atoms with van der Waals surface area (Å²) in [7, 11) is 0. The number of aliphatic imine (C=N–C) groups is 1. The first-order valence-electron chi connectivity index (χ1n) is 10.9. The second-order valence-corrected chi connectivity index (χ2v) is 9.29. The number of para-hydroxylation sites is 2. The van der Waals surface area contributed by atoms with Crippen molar-refractivity contribution in [1.82, 2.24) is 4.98 Å². The first kappa shape index (κ1) is 20.3. The highest BCUT2D eigenvalue weighted by Crippen LogP contribution is 2.48. The zero-order valence-corrected chi connectivity index (χ0v) is 18.2. The van der Waals surface area contributed by atoms with Crippen molar-refractivity contribution in [3.8, 4) is 0 Å². The maximum atomic E-state index is 13.9. The van der Waals surface area contributed by atoms with Gasteiger partial charge in [0.05, 0.1) is 29.0 Å². The van der Waals surface area contributed by atoms with Gasteiger partial charge in [0, 0.05) is 23.9 Å². The molecule has 0 bridgehead atoms. The van der Waals surface area contributed by atoms with Crippen molar-refractivity contribution in [2.75, 3.05) is 4.90 Å². The van der Waals surface area contributed by atoms with Crippen LogP contribution in [0, 0.1) is 11.3 Å². The predicted molar refractivity (Wildman–Crippen MR) is 125 cm³/mol. The van der Waals surface area contributed by atoms with Crippen molar-refractivity contribution >= 4 is 28.8 Å². The third kappa shape index (κ3) is 3.54. The normalized spacial score (nSPS) is 21.8. The number of nitrogens with zero attached hydrogens (tertiary/aromatic N) is 3. The number of ketones is 1. The zero-order chi connectivity index (χ0) is 22.3. The lowest BCUT2D eigenvalue weighted by Gasteiger charge is -2.40. The van der Waals surface area contributed by atoms with Gasteiger partial charge in [0.2, 0.25) is 0 Å². The number of carbonyl (C=O) groups excluding carboxylic acids is 2. The molecule has 3 aromatic rings. The Balaban J connectivity index is 1.76. The molecule has 0 saturated heterocycles. The lowest BCUT2D eigenvalue weighted by Crippen LogP contribution is -2.47. The molecule has 1 aliphatic heterocycles. The Morgan fingerprint density at radius 2 is 1.66 bits per heavy atom. The van der Waals surface area contributed by atoms with Crippen LogP contribution < -0.4 is 4.90 Å². The number of carbonyl (C=O) groups is 2. The van der Waals surface area contributed by atoms with Gasteiger partial charge in [-0.05, 0) is 48.2 Å². The Labute approximate surface area is 187 Å². The van der Waals surface area contributed by atoms with E-state index in [4.69, 9.17) is 4.99 Å². The van der Waals surface area contributed by atoms with E-state index in [2.05, 4.69) is 18.8 Å². The molecule has 1 aliphatic carbocycles. The largest absolute Gasteiger partial charge is 0.299 e. The van der Waals surface area contributed by atoms with Gasteiger partial charge in [-0.2, -0.15) is 0 Å². The highest BCUT2D eigenvalue weighted by molar-refractivity contribution is 6.15. The van der Waals surface area contributed by atoms with Crippen LogP contribution >= 0.6 is 0 Å². The molecular formula is C27H25N3O2. The molecule has 5 nitrogen and oxygen atoms in total. The van der Waals surface area contributed by atoms with Crippen molar-refractivity contribution in [3.63, 3.8) is 0 Å². The summed E-state index contributed by atoms with van der Waals surface area (Å²) in [6.07, 6.45) is 2.86. The first-order valence-corrected chi connectivity index (χ1v) is 10.9. The van der Waals surface area contributed by atoms with Gasteiger partial charge in [-0.1, -0.05) is 50.2 Å². The van der Waals surface area contributed by atoms with Crippen LogP contribution in [-0.2, 0) is 4.79 Å². The van der Waals surface area contributed by atoms with E-state index in [0.29, 0.717) is 35.5 Å². The molecule has 0 spiro atoms. The Morgan fingerprint density at radius 3 is 2.41 bits per heavy atom. The molecule has 0 N–H and O–H groups in total. The third-order valence-corrected chi connectivity index (χ3v) is 6.25. The van der Waals surface area contributed by atoms with Crippen LogP contribution in [0.5, 0.6) is 0 Å². The fraction of sp³-hybridized carbons (Fsp3) is 0.259. The average molecular weight is 424 g/mol. The highest BCUT2D eigenvalue weighted by atomic mass is 16.2. The average Bonchev–Trinajstić information content (AvgIpc) is 2.93. The molecule has 2 unspecified atom stereocenters. The standard InChI is InChI=1S/C27H25N3O2/c1-27(2)16-21-24(23(31)17-27)25(20-13-8-9-15-28-20)30(22-14-7-6-12-19(22)29-21)26(32)18-10-4-3-5-11-18/h3-15,24-25H,16-17H2,1-2H3. The highest BCUT2D eigenvalue weighted by Gasteiger charge is 2.48. The van der Waals surface area contributed by atoms with Gasteiger partial charge >= 0.3 is 0 Å². The monoisotopic (exact) mass is 423 g/mol. The van der Waals surface area contributed by atoms with E-state index in [0.717, 1.165) is 5.71 Å². The van der Waals surface area contributed by atoms with E-state index in [-0.39, 0.29) is 17.1 Å². The SMILES string of the molecule is CC1(C)CC(=O)C2C(=Nc3ccccc3N(C(=O)c3ccccc3)C2c2ccccn2)C1. The lowest BCUT2D eigenvalue weighted by molar-refractivity contribution is -0.124. The summed E-state index contributed by atoms with van der Waals surface area (Å²) in [4.78, 5) is 38.9. The Morgan fingerprint density at radius 1 is 0.938 bits per heavy atom. The molecule has 160 valence electrons. The summed E-state index contributed by atoms with van der Waals surface area (Å²) in [5.74, 6) is -0.588. The van der Waals surface area contributed by atoms with E-state index in [1.54, 1.807) is 23.2 Å². The maximum Gasteiger partial charge on any atom is 0.259 e. The molecule has 2 heterocycles. The minimum absolute atomic E-state index is 0.106. The summed E-state index contributed by atoms with van der Waals surface area (Å²) >= 11 is 0. The summed E-state index contributed by atoms with van der Waals surface area (Å²) in [5.41, 5.74) is 3.33. The molecule has 2 aliphatic rings. The Bertz CT molecular complexity index is 1200. The van der Waals surface area contributed by atoms with Crippen LogP contribution in [0.2, 0.25) is 0 Å². The second kappa shape index (κ2) is 7.83. The Hall–Kier alpha value is -3.60. The van der Waals surface area contributed by atoms with Gasteiger partial charge in [0.1, 0.15) is 5.78 Å². The van der Waals surface area contributed by atoms with Crippen LogP contribution in [0.25, 0.3) is 0 Å². The fourth-order valence-corrected chi connectivity index (χ4v) is 4.92. The lowest BCUT2D eigenvalue weighted by atomic mass is 9.68. The number of rotatable bonds is 2. The number of aromatic nitrogens is 1. The second-order valence-electron chi connectivity index (χ2n) is 9.29. The van der Waals surface area contributed by atoms with Crippen molar-refractivity contribution < 1.29 is 9.59 Å². The fourth-order valence-electron chi connectivity index (χ4n) is 4.92. The van der Waals surface area contributed by atoms with Crippen LogP contribution in [0.3, 0.4) is 0 Å². The molecule has 5 heteroatoms. The third-order valence-electron chi connectivity index (χ3n) is 6.25. The van der Waals surface area contributed by atoms with Crippen LogP contribution in [0.4, 0.5) is 11.4 Å². The van der Waals surface area contributed by atoms with E-state index in [1.807, 2.05) is 60.7 Å². The molecule has 5 rings (SSSR count). The van der Waals surface area contributed by atoms with Crippen molar-refractivity contribution in [1.29, 1.82) is 0 Å². The molecule has 32 heavy (non-hydrogen) atoms. The number of amides is 1. The quantitative estimate of drug-likeness (QED) is 0.542. The molecular weight excluding hydrogens is 398 g/mol. The number of benzene rings is 2. The molecule has 1 fully saturated rings. The first-order chi connectivity index (χ1) is 15.4. The van der Waals surface area contributed by atoms with Gasteiger partial charge in [-0.3, -0.25) is 24.5 Å². The number of anilines is 1. The number of Topliss-reactive ketones (excluding diaryl/α,β-unsaturated/α-hetero) is 1.